The number of nitrogens with zero attached hydrogens (tertiary/aromatic N) is 5. The van der Waals surface area contributed by atoms with Crippen LogP contribution in [-0.2, 0) is 4.74 Å². The molecule has 2 N–H and O–H groups in total. The van der Waals surface area contributed by atoms with Crippen molar-refractivity contribution in [3.8, 4) is 0 Å². The molecule has 10 heteroatoms. The van der Waals surface area contributed by atoms with E-state index in [1.54, 1.807) is 11.8 Å². The first-order chi connectivity index (χ1) is 16.0. The number of rotatable bonds is 6. The summed E-state index contributed by atoms with van der Waals surface area (Å²) >= 11 is 0. The highest BCUT2D eigenvalue weighted by Gasteiger charge is 2.24. The zero-order valence-corrected chi connectivity index (χ0v) is 19.3. The molecule has 1 aromatic heterocycles. The van der Waals surface area contributed by atoms with Gasteiger partial charge in [-0.3, -0.25) is 0 Å². The molecular formula is C23H32FN7O2. The van der Waals surface area contributed by atoms with Gasteiger partial charge in [0, 0.05) is 56.7 Å². The van der Waals surface area contributed by atoms with Crippen molar-refractivity contribution in [3.05, 3.63) is 36.3 Å². The summed E-state index contributed by atoms with van der Waals surface area (Å²) in [4.78, 5) is 26.6. The molecule has 2 fully saturated rings. The van der Waals surface area contributed by atoms with E-state index in [-0.39, 0.29) is 18.0 Å². The fourth-order valence-electron chi connectivity index (χ4n) is 4.09. The molecule has 33 heavy (non-hydrogen) atoms. The first-order valence-electron chi connectivity index (χ1n) is 11.5. The van der Waals surface area contributed by atoms with Crippen LogP contribution < -0.4 is 15.5 Å². The zero-order valence-electron chi connectivity index (χ0n) is 19.3. The highest BCUT2D eigenvalue weighted by Crippen LogP contribution is 2.23. The molecule has 0 aliphatic carbocycles. The molecular weight excluding hydrogens is 425 g/mol. The zero-order chi connectivity index (χ0) is 23.2. The maximum absolute atomic E-state index is 14.3. The summed E-state index contributed by atoms with van der Waals surface area (Å²) in [6, 6.07) is 8.15. The van der Waals surface area contributed by atoms with Crippen molar-refractivity contribution in [1.82, 2.24) is 19.8 Å². The van der Waals surface area contributed by atoms with Crippen LogP contribution in [0.3, 0.4) is 0 Å². The lowest BCUT2D eigenvalue weighted by molar-refractivity contribution is 0.0983. The lowest BCUT2D eigenvalue weighted by Gasteiger charge is -2.34. The average Bonchev–Trinajstić information content (AvgIpc) is 2.83. The van der Waals surface area contributed by atoms with Crippen LogP contribution in [0.1, 0.15) is 19.8 Å². The van der Waals surface area contributed by atoms with Crippen molar-refractivity contribution in [2.24, 2.45) is 0 Å². The first kappa shape index (κ1) is 23.0. The van der Waals surface area contributed by atoms with Crippen LogP contribution in [0, 0.1) is 5.82 Å². The third-order valence-corrected chi connectivity index (χ3v) is 6.10. The number of halogens is 1. The fraction of sp³-hybridized carbons (Fsp3) is 0.522. The number of piperidine rings is 1. The van der Waals surface area contributed by atoms with E-state index in [9.17, 15) is 9.18 Å². The van der Waals surface area contributed by atoms with Crippen molar-refractivity contribution in [1.29, 1.82) is 0 Å². The van der Waals surface area contributed by atoms with Gasteiger partial charge < -0.3 is 30.1 Å². The van der Waals surface area contributed by atoms with Gasteiger partial charge in [-0.05, 0) is 51.1 Å². The number of benzene rings is 1. The van der Waals surface area contributed by atoms with Crippen LogP contribution in [0.4, 0.5) is 32.3 Å². The summed E-state index contributed by atoms with van der Waals surface area (Å²) in [5.74, 6) is -0.00913. The maximum atomic E-state index is 14.3. The highest BCUT2D eigenvalue weighted by molar-refractivity contribution is 5.67. The van der Waals surface area contributed by atoms with Crippen LogP contribution in [-0.4, -0.2) is 84.8 Å². The Hall–Kier alpha value is -3.14. The standard InChI is InChI=1S/C23H32FN7O2/c1-3-33-23(32)31-10-8-18(9-11-31)26-21-20(24)16-25-22(28-21)27-17-4-6-19(7-5-17)30-14-12-29(2)13-15-30/h4-7,16,18H,3,8-15H2,1-2H3,(H2,25,26,27,28). The number of ether oxygens (including phenoxy) is 1. The second-order valence-electron chi connectivity index (χ2n) is 8.46. The van der Waals surface area contributed by atoms with Gasteiger partial charge in [0.15, 0.2) is 11.6 Å². The Kier molecular flexibility index (Phi) is 7.43. The molecule has 0 saturated carbocycles. The Bertz CT molecular complexity index is 927. The number of carbonyl (C=O) groups is 1. The van der Waals surface area contributed by atoms with Crippen LogP contribution in [0.2, 0.25) is 0 Å². The molecule has 0 radical (unpaired) electrons. The molecule has 1 amide bonds. The Labute approximate surface area is 193 Å². The largest absolute Gasteiger partial charge is 0.450 e. The van der Waals surface area contributed by atoms with Crippen LogP contribution >= 0.6 is 0 Å². The highest BCUT2D eigenvalue weighted by atomic mass is 19.1. The van der Waals surface area contributed by atoms with E-state index in [1.165, 1.54) is 11.9 Å². The number of anilines is 4. The number of hydrogen-bond donors (Lipinski definition) is 2. The summed E-state index contributed by atoms with van der Waals surface area (Å²) in [5.41, 5.74) is 2.03. The SMILES string of the molecule is CCOC(=O)N1CCC(Nc2nc(Nc3ccc(N4CCN(C)CC4)cc3)ncc2F)CC1. The number of likely N-dealkylation sites (tertiary alicyclic amines) is 1. The second-order valence-corrected chi connectivity index (χ2v) is 8.46. The van der Waals surface area contributed by atoms with Crippen molar-refractivity contribution in [2.45, 2.75) is 25.8 Å². The van der Waals surface area contributed by atoms with E-state index in [4.69, 9.17) is 4.74 Å². The lowest BCUT2D eigenvalue weighted by atomic mass is 10.1. The maximum Gasteiger partial charge on any atom is 0.409 e. The number of aromatic nitrogens is 2. The Balaban J connectivity index is 1.33. The third kappa shape index (κ3) is 6.01. The molecule has 178 valence electrons. The molecule has 0 bridgehead atoms. The summed E-state index contributed by atoms with van der Waals surface area (Å²) < 4.78 is 19.4. The second kappa shape index (κ2) is 10.7. The molecule has 3 heterocycles. The predicted molar refractivity (Wildman–Crippen MR) is 127 cm³/mol. The summed E-state index contributed by atoms with van der Waals surface area (Å²) in [6.45, 7) is 7.41. The van der Waals surface area contributed by atoms with E-state index in [2.05, 4.69) is 49.6 Å². The summed E-state index contributed by atoms with van der Waals surface area (Å²) in [5, 5.41) is 6.32. The van der Waals surface area contributed by atoms with Gasteiger partial charge in [0.05, 0.1) is 12.8 Å². The number of carbonyl (C=O) groups excluding carboxylic acids is 1. The molecule has 2 aliphatic rings. The topological polar surface area (TPSA) is 85.9 Å². The minimum absolute atomic E-state index is 0.0239. The van der Waals surface area contributed by atoms with E-state index in [0.717, 1.165) is 31.9 Å². The Morgan fingerprint density at radius 1 is 1.12 bits per heavy atom. The first-order valence-corrected chi connectivity index (χ1v) is 11.5. The fourth-order valence-corrected chi connectivity index (χ4v) is 4.09. The number of nitrogens with one attached hydrogen (secondary N) is 2. The normalized spacial score (nSPS) is 17.7. The lowest BCUT2D eigenvalue weighted by Crippen LogP contribution is -2.44. The van der Waals surface area contributed by atoms with E-state index in [1.807, 2.05) is 12.1 Å². The predicted octanol–water partition coefficient (Wildman–Crippen LogP) is 3.14. The van der Waals surface area contributed by atoms with E-state index in [0.29, 0.717) is 38.5 Å². The molecule has 0 atom stereocenters. The van der Waals surface area contributed by atoms with Gasteiger partial charge in [0.2, 0.25) is 5.95 Å². The molecule has 9 nitrogen and oxygen atoms in total. The van der Waals surface area contributed by atoms with Crippen LogP contribution in [0.15, 0.2) is 30.5 Å². The summed E-state index contributed by atoms with van der Waals surface area (Å²) in [6.07, 6.45) is 2.26. The Morgan fingerprint density at radius 3 is 2.48 bits per heavy atom. The quantitative estimate of drug-likeness (QED) is 0.684. The average molecular weight is 458 g/mol. The Morgan fingerprint density at radius 2 is 1.82 bits per heavy atom. The van der Waals surface area contributed by atoms with Gasteiger partial charge in [-0.15, -0.1) is 0 Å². The van der Waals surface area contributed by atoms with Crippen LogP contribution in [0.25, 0.3) is 0 Å². The van der Waals surface area contributed by atoms with E-state index >= 15 is 0 Å². The molecule has 4 rings (SSSR count). The third-order valence-electron chi connectivity index (χ3n) is 6.10. The monoisotopic (exact) mass is 457 g/mol. The molecule has 2 aliphatic heterocycles. The molecule has 0 spiro atoms. The van der Waals surface area contributed by atoms with Crippen LogP contribution in [0.5, 0.6) is 0 Å². The van der Waals surface area contributed by atoms with Gasteiger partial charge >= 0.3 is 6.09 Å². The molecule has 1 aromatic carbocycles. The molecule has 0 unspecified atom stereocenters. The van der Waals surface area contributed by atoms with E-state index < -0.39 is 5.82 Å². The van der Waals surface area contributed by atoms with Crippen molar-refractivity contribution >= 4 is 29.2 Å². The number of hydrogen-bond acceptors (Lipinski definition) is 8. The van der Waals surface area contributed by atoms with Crippen molar-refractivity contribution in [2.75, 3.05) is 68.5 Å². The molecule has 2 saturated heterocycles. The smallest absolute Gasteiger partial charge is 0.409 e. The van der Waals surface area contributed by atoms with Gasteiger partial charge in [-0.2, -0.15) is 4.98 Å². The van der Waals surface area contributed by atoms with Gasteiger partial charge in [0.25, 0.3) is 0 Å². The van der Waals surface area contributed by atoms with Gasteiger partial charge in [-0.25, -0.2) is 14.2 Å². The molecule has 2 aromatic rings. The van der Waals surface area contributed by atoms with Gasteiger partial charge in [0.1, 0.15) is 0 Å². The minimum atomic E-state index is -0.501. The summed E-state index contributed by atoms with van der Waals surface area (Å²) in [7, 11) is 2.14. The number of amides is 1. The number of piperazine rings is 1. The van der Waals surface area contributed by atoms with Gasteiger partial charge in [-0.1, -0.05) is 0 Å². The minimum Gasteiger partial charge on any atom is -0.450 e. The van der Waals surface area contributed by atoms with Crippen molar-refractivity contribution in [3.63, 3.8) is 0 Å². The van der Waals surface area contributed by atoms with Crippen molar-refractivity contribution < 1.29 is 13.9 Å². The number of likely N-dealkylation sites (N-methyl/N-ethyl adjacent to an activating group) is 1.